The third-order valence-corrected chi connectivity index (χ3v) is 4.13. The van der Waals surface area contributed by atoms with Crippen LogP contribution in [0.3, 0.4) is 0 Å². The summed E-state index contributed by atoms with van der Waals surface area (Å²) in [6.45, 7) is 0.0249. The van der Waals surface area contributed by atoms with Gasteiger partial charge in [0.15, 0.2) is 0 Å². The number of carbonyl (C=O) groups is 2. The summed E-state index contributed by atoms with van der Waals surface area (Å²) < 4.78 is 37.2. The van der Waals surface area contributed by atoms with E-state index in [4.69, 9.17) is 0 Å². The number of aromatic nitrogens is 1. The maximum atomic E-state index is 12.4. The van der Waals surface area contributed by atoms with Gasteiger partial charge in [-0.1, -0.05) is 6.07 Å². The van der Waals surface area contributed by atoms with Crippen LogP contribution in [-0.2, 0) is 16.1 Å². The Balaban J connectivity index is 1.94. The van der Waals surface area contributed by atoms with Crippen molar-refractivity contribution in [3.63, 3.8) is 0 Å². The maximum absolute atomic E-state index is 12.4. The smallest absolute Gasteiger partial charge is 0.390 e. The van der Waals surface area contributed by atoms with Gasteiger partial charge in [-0.05, 0) is 18.6 Å². The molecule has 0 spiro atoms. The zero-order valence-corrected chi connectivity index (χ0v) is 13.5. The normalized spacial score (nSPS) is 21.7. The monoisotopic (exact) mass is 359 g/mol. The van der Waals surface area contributed by atoms with Gasteiger partial charge in [0.1, 0.15) is 0 Å². The quantitative estimate of drug-likeness (QED) is 0.807. The van der Waals surface area contributed by atoms with Gasteiger partial charge in [0.05, 0.1) is 30.5 Å². The number of halogens is 3. The molecule has 2 atom stereocenters. The Labute approximate surface area is 143 Å². The number of carboxylic acid groups (broad SMARTS) is 1. The second kappa shape index (κ2) is 8.28. The summed E-state index contributed by atoms with van der Waals surface area (Å²) in [5.74, 6) is -2.98. The van der Waals surface area contributed by atoms with Crippen LogP contribution in [0.4, 0.5) is 13.2 Å². The number of nitrogens with one attached hydrogen (secondary N) is 1. The number of amides is 1. The van der Waals surface area contributed by atoms with E-state index in [0.717, 1.165) is 0 Å². The summed E-state index contributed by atoms with van der Waals surface area (Å²) in [6.07, 6.45) is -3.64. The molecular formula is C16H20F3N3O3. The fourth-order valence-corrected chi connectivity index (χ4v) is 2.85. The highest BCUT2D eigenvalue weighted by Crippen LogP contribution is 2.25. The second-order valence-electron chi connectivity index (χ2n) is 6.13. The molecule has 0 aliphatic carbocycles. The predicted octanol–water partition coefficient (Wildman–Crippen LogP) is 1.67. The van der Waals surface area contributed by atoms with Gasteiger partial charge in [0.2, 0.25) is 5.91 Å². The number of rotatable bonds is 6. The lowest BCUT2D eigenvalue weighted by Gasteiger charge is -2.35. The Bertz CT molecular complexity index is 595. The van der Waals surface area contributed by atoms with Crippen LogP contribution < -0.4 is 5.32 Å². The number of hydrogen-bond acceptors (Lipinski definition) is 4. The zero-order valence-electron chi connectivity index (χ0n) is 13.5. The molecule has 6 nitrogen and oxygen atoms in total. The third kappa shape index (κ3) is 6.33. The number of piperidine rings is 1. The minimum atomic E-state index is -4.31. The summed E-state index contributed by atoms with van der Waals surface area (Å²) in [5, 5.41) is 11.9. The number of alkyl halides is 3. The lowest BCUT2D eigenvalue weighted by Crippen LogP contribution is -2.48. The first-order chi connectivity index (χ1) is 11.7. The fourth-order valence-electron chi connectivity index (χ4n) is 2.85. The number of aliphatic carboxylic acids is 1. The highest BCUT2D eigenvalue weighted by molar-refractivity contribution is 5.80. The van der Waals surface area contributed by atoms with Gasteiger partial charge in [-0.25, -0.2) is 0 Å². The van der Waals surface area contributed by atoms with Crippen LogP contribution in [-0.4, -0.2) is 52.7 Å². The molecule has 1 aliphatic heterocycles. The third-order valence-electron chi connectivity index (χ3n) is 4.13. The molecule has 1 saturated heterocycles. The average Bonchev–Trinajstić information content (AvgIpc) is 2.58. The van der Waals surface area contributed by atoms with E-state index >= 15 is 0 Å². The minimum absolute atomic E-state index is 0.0232. The van der Waals surface area contributed by atoms with Crippen LogP contribution in [0.25, 0.3) is 0 Å². The number of carbonyl (C=O) groups excluding carboxylic acids is 1. The van der Waals surface area contributed by atoms with Gasteiger partial charge < -0.3 is 15.3 Å². The van der Waals surface area contributed by atoms with Gasteiger partial charge in [0.25, 0.3) is 0 Å². The van der Waals surface area contributed by atoms with Crippen LogP contribution >= 0.6 is 0 Å². The standard InChI is InChI=1S/C16H20F3N3O3/c17-16(18,19)4-6-22-9-11(7-12(10-22)15(24)25)14(23)21-8-13-3-1-2-5-20-13/h1-3,5,11-12H,4,6-10H2,(H,21,23)(H,24,25)/t11-,12+/m1/s1. The molecule has 2 rings (SSSR count). The molecule has 2 N–H and O–H groups in total. The minimum Gasteiger partial charge on any atom is -0.481 e. The van der Waals surface area contributed by atoms with Crippen molar-refractivity contribution in [2.75, 3.05) is 19.6 Å². The fraction of sp³-hybridized carbons (Fsp3) is 0.562. The van der Waals surface area contributed by atoms with E-state index in [-0.39, 0.29) is 38.5 Å². The molecule has 25 heavy (non-hydrogen) atoms. The van der Waals surface area contributed by atoms with Crippen LogP contribution in [0.1, 0.15) is 18.5 Å². The van der Waals surface area contributed by atoms with Crippen molar-refractivity contribution < 1.29 is 27.9 Å². The van der Waals surface area contributed by atoms with Gasteiger partial charge in [-0.3, -0.25) is 14.6 Å². The summed E-state index contributed by atoms with van der Waals surface area (Å²) in [7, 11) is 0. The van der Waals surface area contributed by atoms with E-state index in [1.807, 2.05) is 0 Å². The Morgan fingerprint density at radius 3 is 2.60 bits per heavy atom. The van der Waals surface area contributed by atoms with Crippen LogP contribution in [0, 0.1) is 11.8 Å². The largest absolute Gasteiger partial charge is 0.481 e. The molecule has 9 heteroatoms. The van der Waals surface area contributed by atoms with Gasteiger partial charge >= 0.3 is 12.1 Å². The molecular weight excluding hydrogens is 339 g/mol. The summed E-state index contributed by atoms with van der Waals surface area (Å²) in [4.78, 5) is 29.0. The van der Waals surface area contributed by atoms with E-state index in [2.05, 4.69) is 10.3 Å². The first-order valence-corrected chi connectivity index (χ1v) is 7.94. The van der Waals surface area contributed by atoms with E-state index in [1.165, 1.54) is 4.90 Å². The van der Waals surface area contributed by atoms with Crippen LogP contribution in [0.2, 0.25) is 0 Å². The Hall–Kier alpha value is -2.16. The van der Waals surface area contributed by atoms with Crippen LogP contribution in [0.15, 0.2) is 24.4 Å². The molecule has 0 bridgehead atoms. The molecule has 0 radical (unpaired) electrons. The Morgan fingerprint density at radius 1 is 1.28 bits per heavy atom. The van der Waals surface area contributed by atoms with E-state index in [1.54, 1.807) is 24.4 Å². The highest BCUT2D eigenvalue weighted by Gasteiger charge is 2.36. The molecule has 1 aromatic rings. The predicted molar refractivity (Wildman–Crippen MR) is 82.4 cm³/mol. The lowest BCUT2D eigenvalue weighted by atomic mass is 9.88. The van der Waals surface area contributed by atoms with Crippen molar-refractivity contribution >= 4 is 11.9 Å². The second-order valence-corrected chi connectivity index (χ2v) is 6.13. The van der Waals surface area contributed by atoms with E-state index in [0.29, 0.717) is 5.69 Å². The molecule has 138 valence electrons. The first kappa shape index (κ1) is 19.2. The van der Waals surface area contributed by atoms with Crippen molar-refractivity contribution in [1.29, 1.82) is 0 Å². The number of hydrogen-bond donors (Lipinski definition) is 2. The number of nitrogens with zero attached hydrogens (tertiary/aromatic N) is 2. The lowest BCUT2D eigenvalue weighted by molar-refractivity contribution is -0.148. The van der Waals surface area contributed by atoms with Crippen molar-refractivity contribution in [2.45, 2.75) is 25.6 Å². The molecule has 1 fully saturated rings. The van der Waals surface area contributed by atoms with Gasteiger partial charge in [0, 0.05) is 25.8 Å². The topological polar surface area (TPSA) is 82.5 Å². The molecule has 1 aliphatic rings. The average molecular weight is 359 g/mol. The Morgan fingerprint density at radius 2 is 2.00 bits per heavy atom. The van der Waals surface area contributed by atoms with E-state index < -0.39 is 30.4 Å². The number of pyridine rings is 1. The summed E-state index contributed by atoms with van der Waals surface area (Å²) in [5.41, 5.74) is 0.648. The van der Waals surface area contributed by atoms with Crippen molar-refractivity contribution in [3.8, 4) is 0 Å². The molecule has 1 amide bonds. The van der Waals surface area contributed by atoms with Crippen LogP contribution in [0.5, 0.6) is 0 Å². The number of likely N-dealkylation sites (tertiary alicyclic amines) is 1. The Kier molecular flexibility index (Phi) is 6.35. The zero-order chi connectivity index (χ0) is 18.4. The van der Waals surface area contributed by atoms with Crippen molar-refractivity contribution in [3.05, 3.63) is 30.1 Å². The van der Waals surface area contributed by atoms with E-state index in [9.17, 15) is 27.9 Å². The molecule has 0 aromatic carbocycles. The first-order valence-electron chi connectivity index (χ1n) is 7.94. The summed E-state index contributed by atoms with van der Waals surface area (Å²) in [6, 6.07) is 5.24. The van der Waals surface area contributed by atoms with Crippen molar-refractivity contribution in [2.24, 2.45) is 11.8 Å². The summed E-state index contributed by atoms with van der Waals surface area (Å²) >= 11 is 0. The van der Waals surface area contributed by atoms with Gasteiger partial charge in [-0.2, -0.15) is 13.2 Å². The van der Waals surface area contributed by atoms with Crippen molar-refractivity contribution in [1.82, 2.24) is 15.2 Å². The molecule has 2 heterocycles. The molecule has 0 saturated carbocycles. The number of carboxylic acids is 1. The maximum Gasteiger partial charge on any atom is 0.390 e. The SMILES string of the molecule is O=C(O)[C@H]1C[C@@H](C(=O)NCc2ccccn2)CN(CCC(F)(F)F)C1. The van der Waals surface area contributed by atoms with Gasteiger partial charge in [-0.15, -0.1) is 0 Å². The highest BCUT2D eigenvalue weighted by atomic mass is 19.4. The molecule has 1 aromatic heterocycles. The molecule has 0 unspecified atom stereocenters.